The van der Waals surface area contributed by atoms with Crippen molar-refractivity contribution in [2.24, 2.45) is 5.92 Å². The minimum atomic E-state index is 0.00116. The molecular formula is C17H22N4O. The standard InChI is InChI=1S/C17H22N4O/c18-16-10-15(20-21-16)13-6-8-14(9-7-13)17(22)19-11-12-4-2-1-3-5-12/h6-10,12H,1-5,11H2,(H,19,22)(H3,18,20,21). The van der Waals surface area contributed by atoms with E-state index in [0.29, 0.717) is 17.3 Å². The Balaban J connectivity index is 1.58. The molecule has 1 aromatic carbocycles. The van der Waals surface area contributed by atoms with E-state index >= 15 is 0 Å². The van der Waals surface area contributed by atoms with Crippen molar-refractivity contribution in [3.8, 4) is 11.3 Å². The number of nitrogens with one attached hydrogen (secondary N) is 2. The van der Waals surface area contributed by atoms with Gasteiger partial charge in [-0.1, -0.05) is 31.4 Å². The molecular weight excluding hydrogens is 276 g/mol. The molecule has 116 valence electrons. The fraction of sp³-hybridized carbons (Fsp3) is 0.412. The summed E-state index contributed by atoms with van der Waals surface area (Å²) in [4.78, 5) is 12.2. The van der Waals surface area contributed by atoms with Crippen molar-refractivity contribution in [1.29, 1.82) is 0 Å². The van der Waals surface area contributed by atoms with E-state index in [9.17, 15) is 4.79 Å². The van der Waals surface area contributed by atoms with Crippen LogP contribution in [0.15, 0.2) is 30.3 Å². The van der Waals surface area contributed by atoms with E-state index in [0.717, 1.165) is 17.8 Å². The maximum atomic E-state index is 12.2. The molecule has 5 heteroatoms. The van der Waals surface area contributed by atoms with Crippen LogP contribution in [-0.2, 0) is 0 Å². The van der Waals surface area contributed by atoms with Gasteiger partial charge in [-0.2, -0.15) is 5.10 Å². The lowest BCUT2D eigenvalue weighted by Crippen LogP contribution is -2.30. The first-order valence-corrected chi connectivity index (χ1v) is 7.92. The Morgan fingerprint density at radius 2 is 1.95 bits per heavy atom. The number of aromatic amines is 1. The predicted octanol–water partition coefficient (Wildman–Crippen LogP) is 2.97. The number of amides is 1. The number of carbonyl (C=O) groups is 1. The summed E-state index contributed by atoms with van der Waals surface area (Å²) in [6.45, 7) is 0.789. The number of rotatable bonds is 4. The highest BCUT2D eigenvalue weighted by atomic mass is 16.1. The number of carbonyl (C=O) groups excluding carboxylic acids is 1. The molecule has 4 N–H and O–H groups in total. The fourth-order valence-corrected chi connectivity index (χ4v) is 3.02. The molecule has 0 radical (unpaired) electrons. The number of nitrogens with zero attached hydrogens (tertiary/aromatic N) is 1. The van der Waals surface area contributed by atoms with Gasteiger partial charge in [-0.25, -0.2) is 0 Å². The Hall–Kier alpha value is -2.30. The number of nitrogens with two attached hydrogens (primary N) is 1. The second-order valence-electron chi connectivity index (χ2n) is 6.00. The van der Waals surface area contributed by atoms with Gasteiger partial charge in [0.15, 0.2) is 0 Å². The first-order chi connectivity index (χ1) is 10.7. The van der Waals surface area contributed by atoms with Crippen LogP contribution in [0.2, 0.25) is 0 Å². The van der Waals surface area contributed by atoms with Gasteiger partial charge in [0.25, 0.3) is 5.91 Å². The smallest absolute Gasteiger partial charge is 0.251 e. The third-order valence-corrected chi connectivity index (χ3v) is 4.33. The number of anilines is 1. The zero-order chi connectivity index (χ0) is 15.4. The van der Waals surface area contributed by atoms with Crippen LogP contribution in [0.25, 0.3) is 11.3 Å². The van der Waals surface area contributed by atoms with Crippen LogP contribution >= 0.6 is 0 Å². The Morgan fingerprint density at radius 3 is 2.59 bits per heavy atom. The molecule has 1 aromatic heterocycles. The van der Waals surface area contributed by atoms with Gasteiger partial charge < -0.3 is 11.1 Å². The number of H-pyrrole nitrogens is 1. The maximum absolute atomic E-state index is 12.2. The van der Waals surface area contributed by atoms with E-state index in [-0.39, 0.29) is 5.91 Å². The van der Waals surface area contributed by atoms with Crippen molar-refractivity contribution in [3.05, 3.63) is 35.9 Å². The summed E-state index contributed by atoms with van der Waals surface area (Å²) in [5.74, 6) is 1.11. The Morgan fingerprint density at radius 1 is 1.23 bits per heavy atom. The summed E-state index contributed by atoms with van der Waals surface area (Å²) in [6.07, 6.45) is 6.40. The Labute approximate surface area is 130 Å². The molecule has 1 fully saturated rings. The molecule has 0 aliphatic heterocycles. The lowest BCUT2D eigenvalue weighted by atomic mass is 9.89. The van der Waals surface area contributed by atoms with E-state index in [1.807, 2.05) is 24.3 Å². The van der Waals surface area contributed by atoms with Crippen LogP contribution < -0.4 is 11.1 Å². The van der Waals surface area contributed by atoms with Crippen LogP contribution in [0.4, 0.5) is 5.82 Å². The van der Waals surface area contributed by atoms with Gasteiger partial charge in [0.2, 0.25) is 0 Å². The average Bonchev–Trinajstić information content (AvgIpc) is 3.00. The van der Waals surface area contributed by atoms with Crippen LogP contribution in [0.1, 0.15) is 42.5 Å². The summed E-state index contributed by atoms with van der Waals surface area (Å²) < 4.78 is 0. The van der Waals surface area contributed by atoms with E-state index in [1.54, 1.807) is 6.07 Å². The Kier molecular flexibility index (Phi) is 4.42. The molecule has 1 aliphatic rings. The monoisotopic (exact) mass is 298 g/mol. The first-order valence-electron chi connectivity index (χ1n) is 7.92. The maximum Gasteiger partial charge on any atom is 0.251 e. The number of hydrogen-bond acceptors (Lipinski definition) is 3. The zero-order valence-electron chi connectivity index (χ0n) is 12.6. The normalized spacial score (nSPS) is 15.6. The molecule has 0 unspecified atom stereocenters. The SMILES string of the molecule is Nc1cc(-c2ccc(C(=O)NCC3CCCCC3)cc2)[nH]n1. The molecule has 0 saturated heterocycles. The predicted molar refractivity (Wildman–Crippen MR) is 87.3 cm³/mol. The summed E-state index contributed by atoms with van der Waals surface area (Å²) in [5.41, 5.74) is 8.10. The molecule has 0 bridgehead atoms. The lowest BCUT2D eigenvalue weighted by molar-refractivity contribution is 0.0943. The number of benzene rings is 1. The zero-order valence-corrected chi connectivity index (χ0v) is 12.6. The molecule has 1 heterocycles. The van der Waals surface area contributed by atoms with Crippen molar-refractivity contribution in [3.63, 3.8) is 0 Å². The number of hydrogen-bond donors (Lipinski definition) is 3. The third-order valence-electron chi connectivity index (χ3n) is 4.33. The van der Waals surface area contributed by atoms with Gasteiger partial charge in [0.05, 0.1) is 5.69 Å². The average molecular weight is 298 g/mol. The quantitative estimate of drug-likeness (QED) is 0.811. The van der Waals surface area contributed by atoms with Crippen LogP contribution in [0.3, 0.4) is 0 Å². The third kappa shape index (κ3) is 3.47. The van der Waals surface area contributed by atoms with E-state index < -0.39 is 0 Å². The number of nitrogen functional groups attached to an aromatic ring is 1. The lowest BCUT2D eigenvalue weighted by Gasteiger charge is -2.21. The summed E-state index contributed by atoms with van der Waals surface area (Å²) in [6, 6.07) is 9.26. The highest BCUT2D eigenvalue weighted by molar-refractivity contribution is 5.94. The highest BCUT2D eigenvalue weighted by Crippen LogP contribution is 2.23. The molecule has 22 heavy (non-hydrogen) atoms. The topological polar surface area (TPSA) is 83.8 Å². The summed E-state index contributed by atoms with van der Waals surface area (Å²) >= 11 is 0. The molecule has 2 aromatic rings. The van der Waals surface area contributed by atoms with Crippen molar-refractivity contribution < 1.29 is 4.79 Å². The van der Waals surface area contributed by atoms with E-state index in [1.165, 1.54) is 32.1 Å². The fourth-order valence-electron chi connectivity index (χ4n) is 3.02. The van der Waals surface area contributed by atoms with Crippen molar-refractivity contribution >= 4 is 11.7 Å². The molecule has 0 atom stereocenters. The molecule has 3 rings (SSSR count). The highest BCUT2D eigenvalue weighted by Gasteiger charge is 2.15. The summed E-state index contributed by atoms with van der Waals surface area (Å²) in [5, 5.41) is 9.82. The minimum Gasteiger partial charge on any atom is -0.382 e. The molecule has 1 amide bonds. The summed E-state index contributed by atoms with van der Waals surface area (Å²) in [7, 11) is 0. The van der Waals surface area contributed by atoms with Crippen LogP contribution in [0.5, 0.6) is 0 Å². The minimum absolute atomic E-state index is 0.00116. The van der Waals surface area contributed by atoms with Crippen LogP contribution in [-0.4, -0.2) is 22.6 Å². The molecule has 0 spiro atoms. The van der Waals surface area contributed by atoms with Crippen molar-refractivity contribution in [1.82, 2.24) is 15.5 Å². The van der Waals surface area contributed by atoms with Gasteiger partial charge in [-0.3, -0.25) is 9.89 Å². The molecule has 1 saturated carbocycles. The second kappa shape index (κ2) is 6.64. The van der Waals surface area contributed by atoms with Crippen LogP contribution in [0, 0.1) is 5.92 Å². The van der Waals surface area contributed by atoms with Gasteiger partial charge in [0, 0.05) is 18.2 Å². The first kappa shape index (κ1) is 14.6. The molecule has 5 nitrogen and oxygen atoms in total. The second-order valence-corrected chi connectivity index (χ2v) is 6.00. The van der Waals surface area contributed by atoms with E-state index in [2.05, 4.69) is 15.5 Å². The van der Waals surface area contributed by atoms with Gasteiger partial charge in [-0.05, 0) is 36.5 Å². The largest absolute Gasteiger partial charge is 0.382 e. The van der Waals surface area contributed by atoms with Gasteiger partial charge in [0.1, 0.15) is 5.82 Å². The molecule has 1 aliphatic carbocycles. The van der Waals surface area contributed by atoms with Gasteiger partial charge in [-0.15, -0.1) is 0 Å². The van der Waals surface area contributed by atoms with E-state index in [4.69, 9.17) is 5.73 Å². The van der Waals surface area contributed by atoms with Gasteiger partial charge >= 0.3 is 0 Å². The number of aromatic nitrogens is 2. The van der Waals surface area contributed by atoms with Crippen molar-refractivity contribution in [2.45, 2.75) is 32.1 Å². The van der Waals surface area contributed by atoms with Crippen molar-refractivity contribution in [2.75, 3.05) is 12.3 Å². The Bertz CT molecular complexity index is 626.